The molecule has 24 heavy (non-hydrogen) atoms. The normalized spacial score (nSPS) is 11.7. The van der Waals surface area contributed by atoms with E-state index in [0.29, 0.717) is 19.0 Å². The van der Waals surface area contributed by atoms with Crippen LogP contribution in [0.1, 0.15) is 42.4 Å². The van der Waals surface area contributed by atoms with Gasteiger partial charge in [0.2, 0.25) is 5.91 Å². The first-order valence-electron chi connectivity index (χ1n) is 8.11. The molecule has 0 heterocycles. The third kappa shape index (κ3) is 5.08. The number of benzene rings is 2. The molecule has 2 N–H and O–H groups in total. The fraction of sp³-hybridized carbons (Fsp3) is 0.350. The van der Waals surface area contributed by atoms with Crippen molar-refractivity contribution in [2.45, 2.75) is 32.2 Å². The van der Waals surface area contributed by atoms with E-state index in [1.165, 1.54) is 5.56 Å². The molecular formula is C20H27ClN2O. The van der Waals surface area contributed by atoms with E-state index >= 15 is 0 Å². The molecule has 2 aromatic rings. The van der Waals surface area contributed by atoms with Gasteiger partial charge in [-0.2, -0.15) is 0 Å². The predicted molar refractivity (Wildman–Crippen MR) is 102 cm³/mol. The minimum Gasteiger partial charge on any atom is -0.341 e. The largest absolute Gasteiger partial charge is 0.341 e. The highest BCUT2D eigenvalue weighted by atomic mass is 35.5. The molecule has 3 nitrogen and oxygen atoms in total. The molecule has 4 heteroatoms. The molecule has 2 aromatic carbocycles. The monoisotopic (exact) mass is 346 g/mol. The zero-order valence-corrected chi connectivity index (χ0v) is 15.4. The Labute approximate surface area is 151 Å². The number of amides is 1. The number of carbonyl (C=O) groups excluding carboxylic acids is 1. The number of likely N-dealkylation sites (N-methyl/N-ethyl adjacent to an activating group) is 1. The molecular weight excluding hydrogens is 320 g/mol. The highest BCUT2D eigenvalue weighted by Gasteiger charge is 2.22. The zero-order valence-electron chi connectivity index (χ0n) is 14.6. The number of carbonyl (C=O) groups is 1. The summed E-state index contributed by atoms with van der Waals surface area (Å²) >= 11 is 0. The molecule has 0 bridgehead atoms. The van der Waals surface area contributed by atoms with E-state index in [1.54, 1.807) is 4.90 Å². The van der Waals surface area contributed by atoms with Crippen LogP contribution in [0.4, 0.5) is 0 Å². The Morgan fingerprint density at radius 1 is 1.00 bits per heavy atom. The van der Waals surface area contributed by atoms with Gasteiger partial charge in [-0.15, -0.1) is 12.4 Å². The Morgan fingerprint density at radius 2 is 1.58 bits per heavy atom. The first-order valence-corrected chi connectivity index (χ1v) is 8.11. The van der Waals surface area contributed by atoms with Gasteiger partial charge in [-0.05, 0) is 22.6 Å². The Bertz CT molecular complexity index is 626. The van der Waals surface area contributed by atoms with Crippen LogP contribution in [-0.4, -0.2) is 24.4 Å². The molecule has 1 unspecified atom stereocenters. The summed E-state index contributed by atoms with van der Waals surface area (Å²) in [6.45, 7) is 5.27. The van der Waals surface area contributed by atoms with Gasteiger partial charge >= 0.3 is 0 Å². The maximum Gasteiger partial charge on any atom is 0.231 e. The van der Waals surface area contributed by atoms with Crippen molar-refractivity contribution in [2.24, 2.45) is 5.73 Å². The third-order valence-electron chi connectivity index (χ3n) is 4.18. The zero-order chi connectivity index (χ0) is 16.8. The van der Waals surface area contributed by atoms with Crippen molar-refractivity contribution in [3.8, 4) is 0 Å². The number of hydrogen-bond acceptors (Lipinski definition) is 2. The first-order chi connectivity index (χ1) is 11.0. The average molecular weight is 347 g/mol. The maximum atomic E-state index is 12.7. The van der Waals surface area contributed by atoms with Crippen molar-refractivity contribution in [3.63, 3.8) is 0 Å². The van der Waals surface area contributed by atoms with E-state index in [1.807, 2.05) is 37.4 Å². The van der Waals surface area contributed by atoms with Crippen molar-refractivity contribution in [3.05, 3.63) is 71.3 Å². The van der Waals surface area contributed by atoms with Crippen LogP contribution in [0.25, 0.3) is 0 Å². The number of hydrogen-bond donors (Lipinski definition) is 1. The third-order valence-corrected chi connectivity index (χ3v) is 4.18. The summed E-state index contributed by atoms with van der Waals surface area (Å²) in [5.74, 6) is 0.297. The van der Waals surface area contributed by atoms with E-state index < -0.39 is 0 Å². The van der Waals surface area contributed by atoms with Crippen molar-refractivity contribution >= 4 is 18.3 Å². The Kier molecular flexibility index (Phi) is 7.96. The summed E-state index contributed by atoms with van der Waals surface area (Å²) in [7, 11) is 1.84. The van der Waals surface area contributed by atoms with Crippen LogP contribution in [0.3, 0.4) is 0 Å². The summed E-state index contributed by atoms with van der Waals surface area (Å²) < 4.78 is 0. The van der Waals surface area contributed by atoms with Gasteiger partial charge < -0.3 is 10.6 Å². The van der Waals surface area contributed by atoms with Crippen LogP contribution in [0.15, 0.2) is 54.6 Å². The lowest BCUT2D eigenvalue weighted by Gasteiger charge is -2.23. The lowest BCUT2D eigenvalue weighted by atomic mass is 9.97. The van der Waals surface area contributed by atoms with Crippen molar-refractivity contribution in [1.29, 1.82) is 0 Å². The lowest BCUT2D eigenvalue weighted by Crippen LogP contribution is -2.34. The summed E-state index contributed by atoms with van der Waals surface area (Å²) in [5, 5.41) is 0. The van der Waals surface area contributed by atoms with Gasteiger partial charge in [-0.3, -0.25) is 4.79 Å². The Balaban J connectivity index is 0.00000288. The van der Waals surface area contributed by atoms with E-state index in [-0.39, 0.29) is 24.2 Å². The van der Waals surface area contributed by atoms with Gasteiger partial charge in [0, 0.05) is 20.1 Å². The quantitative estimate of drug-likeness (QED) is 0.861. The van der Waals surface area contributed by atoms with Gasteiger partial charge in [0.1, 0.15) is 0 Å². The molecule has 0 saturated heterocycles. The second-order valence-corrected chi connectivity index (χ2v) is 6.29. The van der Waals surface area contributed by atoms with Gasteiger partial charge in [0.25, 0.3) is 0 Å². The molecule has 0 aliphatic rings. The number of rotatable bonds is 6. The number of halogens is 1. The molecule has 1 amide bonds. The summed E-state index contributed by atoms with van der Waals surface area (Å²) in [4.78, 5) is 14.5. The van der Waals surface area contributed by atoms with Crippen LogP contribution in [0.2, 0.25) is 0 Å². The molecule has 0 aliphatic carbocycles. The topological polar surface area (TPSA) is 46.3 Å². The number of nitrogens with zero attached hydrogens (tertiary/aromatic N) is 1. The first kappa shape index (κ1) is 20.2. The molecule has 0 fully saturated rings. The highest BCUT2D eigenvalue weighted by molar-refractivity contribution is 5.85. The minimum absolute atomic E-state index is 0. The second-order valence-electron chi connectivity index (χ2n) is 6.29. The van der Waals surface area contributed by atoms with E-state index in [9.17, 15) is 4.79 Å². The Hall–Kier alpha value is -1.84. The highest BCUT2D eigenvalue weighted by Crippen LogP contribution is 2.19. The molecule has 0 aromatic heterocycles. The van der Waals surface area contributed by atoms with Crippen LogP contribution in [0.5, 0.6) is 0 Å². The smallest absolute Gasteiger partial charge is 0.231 e. The van der Waals surface area contributed by atoms with E-state index in [2.05, 4.69) is 38.1 Å². The van der Waals surface area contributed by atoms with Gasteiger partial charge in [-0.1, -0.05) is 68.4 Å². The summed E-state index contributed by atoms with van der Waals surface area (Å²) in [5.41, 5.74) is 9.26. The minimum atomic E-state index is -0.281. The van der Waals surface area contributed by atoms with Gasteiger partial charge in [-0.25, -0.2) is 0 Å². The SMILES string of the molecule is CC(C)c1ccc(CN(C)C(=O)C(CN)c2ccccc2)cc1.Cl. The molecule has 0 radical (unpaired) electrons. The Morgan fingerprint density at radius 3 is 2.08 bits per heavy atom. The van der Waals surface area contributed by atoms with E-state index in [4.69, 9.17) is 5.73 Å². The van der Waals surface area contributed by atoms with Crippen molar-refractivity contribution in [1.82, 2.24) is 4.90 Å². The van der Waals surface area contributed by atoms with E-state index in [0.717, 1.165) is 11.1 Å². The average Bonchev–Trinajstić information content (AvgIpc) is 2.57. The summed E-state index contributed by atoms with van der Waals surface area (Å²) in [6.07, 6.45) is 0. The second kappa shape index (κ2) is 9.45. The molecule has 130 valence electrons. The standard InChI is InChI=1S/C20H26N2O.ClH/c1-15(2)17-11-9-16(10-12-17)14-22(3)20(23)19(13-21)18-7-5-4-6-8-18;/h4-12,15,19H,13-14,21H2,1-3H3;1H. The summed E-state index contributed by atoms with van der Waals surface area (Å²) in [6, 6.07) is 18.2. The van der Waals surface area contributed by atoms with Crippen molar-refractivity contribution in [2.75, 3.05) is 13.6 Å². The fourth-order valence-corrected chi connectivity index (χ4v) is 2.69. The molecule has 1 atom stereocenters. The maximum absolute atomic E-state index is 12.7. The van der Waals surface area contributed by atoms with Crippen molar-refractivity contribution < 1.29 is 4.79 Å². The van der Waals surface area contributed by atoms with Crippen LogP contribution in [0, 0.1) is 0 Å². The lowest BCUT2D eigenvalue weighted by molar-refractivity contribution is -0.131. The molecule has 0 spiro atoms. The number of nitrogens with two attached hydrogens (primary N) is 1. The van der Waals surface area contributed by atoms with Crippen LogP contribution < -0.4 is 5.73 Å². The van der Waals surface area contributed by atoms with Crippen LogP contribution in [-0.2, 0) is 11.3 Å². The molecule has 2 rings (SSSR count). The van der Waals surface area contributed by atoms with Gasteiger partial charge in [0.15, 0.2) is 0 Å². The molecule has 0 aliphatic heterocycles. The fourth-order valence-electron chi connectivity index (χ4n) is 2.69. The predicted octanol–water partition coefficient (Wildman–Crippen LogP) is 3.93. The van der Waals surface area contributed by atoms with Gasteiger partial charge in [0.05, 0.1) is 5.92 Å². The molecule has 0 saturated carbocycles. The van der Waals surface area contributed by atoms with Crippen LogP contribution >= 0.6 is 12.4 Å².